The predicted molar refractivity (Wildman–Crippen MR) is 39.5 cm³/mol. The summed E-state index contributed by atoms with van der Waals surface area (Å²) in [5.74, 6) is 0. The van der Waals surface area contributed by atoms with Crippen LogP contribution in [-0.2, 0) is 32.7 Å². The van der Waals surface area contributed by atoms with Gasteiger partial charge in [0.1, 0.15) is 0 Å². The zero-order valence-electron chi connectivity index (χ0n) is 6.78. The van der Waals surface area contributed by atoms with Gasteiger partial charge in [0.25, 0.3) is 0 Å². The number of rotatable bonds is 2. The van der Waals surface area contributed by atoms with Crippen molar-refractivity contribution in [3.05, 3.63) is 13.8 Å². The van der Waals surface area contributed by atoms with Crippen molar-refractivity contribution in [1.29, 1.82) is 0 Å². The summed E-state index contributed by atoms with van der Waals surface area (Å²) in [6.07, 6.45) is 0. The first-order valence-electron chi connectivity index (χ1n) is 3.13. The SMILES string of the molecule is CC.[CH2-]CNC([CH2-])C.[Y]. The minimum absolute atomic E-state index is 0. The summed E-state index contributed by atoms with van der Waals surface area (Å²) in [6.45, 7) is 14.0. The third-order valence-corrected chi connectivity index (χ3v) is 0.493. The molecule has 55 valence electrons. The van der Waals surface area contributed by atoms with E-state index in [1.807, 2.05) is 20.8 Å². The van der Waals surface area contributed by atoms with Crippen LogP contribution in [0, 0.1) is 13.8 Å². The molecule has 9 heavy (non-hydrogen) atoms. The standard InChI is InChI=1S/C5H11N.C2H6.Y/c1-4-6-5(2)3;1-2;/h5-6H,1-2,4H2,3H3;1-2H3;/q-2;;. The van der Waals surface area contributed by atoms with Crippen LogP contribution >= 0.6 is 0 Å². The third-order valence-electron chi connectivity index (χ3n) is 0.493. The third kappa shape index (κ3) is 27.4. The largest absolute Gasteiger partial charge is 0.373 e. The molecule has 1 N–H and O–H groups in total. The van der Waals surface area contributed by atoms with Gasteiger partial charge in [-0.25, -0.2) is 0 Å². The summed E-state index contributed by atoms with van der Waals surface area (Å²) < 4.78 is 0. The number of hydrogen-bond acceptors (Lipinski definition) is 1. The summed E-state index contributed by atoms with van der Waals surface area (Å²) in [7, 11) is 0. The van der Waals surface area contributed by atoms with E-state index < -0.39 is 0 Å². The molecule has 2 heteroatoms. The monoisotopic (exact) mass is 204 g/mol. The van der Waals surface area contributed by atoms with Gasteiger partial charge in [-0.1, -0.05) is 20.8 Å². The average molecular weight is 204 g/mol. The van der Waals surface area contributed by atoms with Crippen molar-refractivity contribution in [2.75, 3.05) is 6.54 Å². The van der Waals surface area contributed by atoms with Crippen LogP contribution in [0.15, 0.2) is 0 Å². The van der Waals surface area contributed by atoms with Crippen LogP contribution in [0.5, 0.6) is 0 Å². The molecule has 1 radical (unpaired) electrons. The van der Waals surface area contributed by atoms with Gasteiger partial charge >= 0.3 is 0 Å². The van der Waals surface area contributed by atoms with E-state index >= 15 is 0 Å². The fourth-order valence-electron chi connectivity index (χ4n) is 0.246. The Bertz CT molecular complexity index is 30.1. The van der Waals surface area contributed by atoms with Gasteiger partial charge < -0.3 is 19.2 Å². The van der Waals surface area contributed by atoms with Crippen molar-refractivity contribution in [1.82, 2.24) is 5.32 Å². The van der Waals surface area contributed by atoms with E-state index in [0.717, 1.165) is 6.54 Å². The first-order chi connectivity index (χ1) is 3.77. The van der Waals surface area contributed by atoms with Gasteiger partial charge in [-0.3, -0.25) is 0 Å². The average Bonchev–Trinajstić information content (AvgIpc) is 1.72. The number of hydrogen-bond donors (Lipinski definition) is 1. The molecule has 0 bridgehead atoms. The minimum Gasteiger partial charge on any atom is -0.373 e. The Kier molecular flexibility index (Phi) is 29.5. The van der Waals surface area contributed by atoms with Crippen molar-refractivity contribution >= 4 is 0 Å². The van der Waals surface area contributed by atoms with E-state index in [4.69, 9.17) is 0 Å². The van der Waals surface area contributed by atoms with Gasteiger partial charge in [0, 0.05) is 32.7 Å². The Balaban J connectivity index is -0.000000109. The quantitative estimate of drug-likeness (QED) is 0.674. The second-order valence-corrected chi connectivity index (χ2v) is 1.36. The molecule has 0 saturated heterocycles. The first kappa shape index (κ1) is 16.6. The van der Waals surface area contributed by atoms with Gasteiger partial charge in [-0.15, -0.1) is 12.6 Å². The molecular formula is C7H17NY-2. The maximum absolute atomic E-state index is 3.68. The first-order valence-corrected chi connectivity index (χ1v) is 3.13. The Morgan fingerprint density at radius 1 is 1.44 bits per heavy atom. The van der Waals surface area contributed by atoms with Crippen LogP contribution in [0.3, 0.4) is 0 Å². The van der Waals surface area contributed by atoms with Crippen LogP contribution in [0.25, 0.3) is 0 Å². The van der Waals surface area contributed by atoms with E-state index in [1.54, 1.807) is 0 Å². The second kappa shape index (κ2) is 16.0. The Morgan fingerprint density at radius 2 is 1.78 bits per heavy atom. The van der Waals surface area contributed by atoms with E-state index in [9.17, 15) is 0 Å². The second-order valence-electron chi connectivity index (χ2n) is 1.36. The maximum Gasteiger partial charge on any atom is 0 e. The summed E-state index contributed by atoms with van der Waals surface area (Å²) in [6, 6.07) is 0.336. The van der Waals surface area contributed by atoms with Gasteiger partial charge in [-0.05, 0) is 0 Å². The Morgan fingerprint density at radius 3 is 1.78 bits per heavy atom. The molecule has 1 unspecified atom stereocenters. The molecule has 0 spiro atoms. The molecule has 0 saturated carbocycles. The summed E-state index contributed by atoms with van der Waals surface area (Å²) in [5, 5.41) is 2.99. The fourth-order valence-corrected chi connectivity index (χ4v) is 0.246. The molecule has 0 aromatic heterocycles. The molecule has 1 nitrogen and oxygen atoms in total. The minimum atomic E-state index is 0. The van der Waals surface area contributed by atoms with Gasteiger partial charge in [0.05, 0.1) is 0 Å². The number of nitrogens with one attached hydrogen (secondary N) is 1. The smallest absolute Gasteiger partial charge is 0 e. The van der Waals surface area contributed by atoms with Crippen molar-refractivity contribution in [2.24, 2.45) is 0 Å². The topological polar surface area (TPSA) is 12.0 Å². The molecule has 0 fully saturated rings. The molecule has 0 aromatic rings. The van der Waals surface area contributed by atoms with E-state index in [0.29, 0.717) is 6.04 Å². The molecule has 1 atom stereocenters. The normalized spacial score (nSPS) is 10.3. The van der Waals surface area contributed by atoms with Gasteiger partial charge in [0.2, 0.25) is 0 Å². The molecule has 0 aliphatic carbocycles. The van der Waals surface area contributed by atoms with Crippen molar-refractivity contribution in [3.8, 4) is 0 Å². The van der Waals surface area contributed by atoms with E-state index in [1.165, 1.54) is 0 Å². The van der Waals surface area contributed by atoms with Crippen LogP contribution in [0.2, 0.25) is 0 Å². The summed E-state index contributed by atoms with van der Waals surface area (Å²) >= 11 is 0. The summed E-state index contributed by atoms with van der Waals surface area (Å²) in [5.41, 5.74) is 0. The Hall–Kier alpha value is 1.06. The van der Waals surface area contributed by atoms with E-state index in [-0.39, 0.29) is 32.7 Å². The molecule has 0 aromatic carbocycles. The zero-order chi connectivity index (χ0) is 6.99. The van der Waals surface area contributed by atoms with Gasteiger partial charge in [-0.2, -0.15) is 0 Å². The van der Waals surface area contributed by atoms with Crippen LogP contribution in [0.1, 0.15) is 20.8 Å². The van der Waals surface area contributed by atoms with E-state index in [2.05, 4.69) is 19.2 Å². The molecule has 0 rings (SSSR count). The van der Waals surface area contributed by atoms with Crippen LogP contribution in [0.4, 0.5) is 0 Å². The van der Waals surface area contributed by atoms with Gasteiger partial charge in [0.15, 0.2) is 0 Å². The molecular weight excluding hydrogens is 187 g/mol. The molecule has 0 heterocycles. The predicted octanol–water partition coefficient (Wildman–Crippen LogP) is 1.66. The van der Waals surface area contributed by atoms with Crippen LogP contribution < -0.4 is 5.32 Å². The maximum atomic E-state index is 3.68. The summed E-state index contributed by atoms with van der Waals surface area (Å²) in [4.78, 5) is 0. The zero-order valence-corrected chi connectivity index (χ0v) is 9.61. The van der Waals surface area contributed by atoms with Crippen molar-refractivity contribution in [3.63, 3.8) is 0 Å². The molecule has 0 aliphatic rings. The van der Waals surface area contributed by atoms with Crippen molar-refractivity contribution in [2.45, 2.75) is 26.8 Å². The fraction of sp³-hybridized carbons (Fsp3) is 0.714. The molecule has 0 amide bonds. The molecule has 0 aliphatic heterocycles. The van der Waals surface area contributed by atoms with Crippen molar-refractivity contribution < 1.29 is 32.7 Å². The van der Waals surface area contributed by atoms with Crippen LogP contribution in [-0.4, -0.2) is 12.6 Å². The Labute approximate surface area is 84.9 Å².